The van der Waals surface area contributed by atoms with E-state index in [2.05, 4.69) is 15.6 Å². The number of rotatable bonds is 5. The molecule has 0 fully saturated rings. The van der Waals surface area contributed by atoms with E-state index in [1.165, 1.54) is 12.3 Å². The largest absolute Gasteiger partial charge is 0.461 e. The van der Waals surface area contributed by atoms with E-state index in [0.29, 0.717) is 23.9 Å². The highest BCUT2D eigenvalue weighted by molar-refractivity contribution is 6.02. The first kappa shape index (κ1) is 14.9. The van der Waals surface area contributed by atoms with Crippen LogP contribution in [0.15, 0.2) is 76.0 Å². The number of hydrogen-bond acceptors (Lipinski definition) is 5. The first-order chi connectivity index (χ1) is 12.3. The van der Waals surface area contributed by atoms with Crippen LogP contribution in [0.1, 0.15) is 16.1 Å². The molecule has 0 saturated carbocycles. The number of carbonyl (C=O) groups is 1. The summed E-state index contributed by atoms with van der Waals surface area (Å²) in [5, 5.41) is 10.8. The number of aromatic nitrogens is 3. The molecule has 0 saturated heterocycles. The lowest BCUT2D eigenvalue weighted by Gasteiger charge is -2.01. The first-order valence-electron chi connectivity index (χ1n) is 7.67. The molecule has 0 aliphatic rings. The van der Waals surface area contributed by atoms with Crippen molar-refractivity contribution in [2.75, 3.05) is 5.32 Å². The van der Waals surface area contributed by atoms with Crippen LogP contribution in [0.3, 0.4) is 0 Å². The van der Waals surface area contributed by atoms with E-state index in [-0.39, 0.29) is 5.69 Å². The Morgan fingerprint density at radius 1 is 1.08 bits per heavy atom. The van der Waals surface area contributed by atoms with E-state index in [0.717, 1.165) is 5.56 Å². The number of furan rings is 1. The van der Waals surface area contributed by atoms with Crippen molar-refractivity contribution in [3.63, 3.8) is 0 Å². The number of anilines is 1. The minimum absolute atomic E-state index is 0.156. The number of carbonyl (C=O) groups excluding carboxylic acids is 1. The molecular weight excluding hydrogens is 320 g/mol. The maximum absolute atomic E-state index is 12.3. The molecule has 4 rings (SSSR count). The Morgan fingerprint density at radius 3 is 2.76 bits per heavy atom. The zero-order chi connectivity index (χ0) is 17.1. The van der Waals surface area contributed by atoms with Crippen molar-refractivity contribution >= 4 is 11.7 Å². The van der Waals surface area contributed by atoms with Crippen LogP contribution in [0.5, 0.6) is 0 Å². The predicted molar refractivity (Wildman–Crippen MR) is 89.9 cm³/mol. The Balaban J connectivity index is 1.43. The molecule has 3 heterocycles. The lowest BCUT2D eigenvalue weighted by atomic mass is 10.2. The van der Waals surface area contributed by atoms with Gasteiger partial charge in [0.25, 0.3) is 5.91 Å². The molecular formula is C18H14N4O3. The molecule has 1 amide bonds. The van der Waals surface area contributed by atoms with Gasteiger partial charge in [0.1, 0.15) is 0 Å². The van der Waals surface area contributed by atoms with Crippen molar-refractivity contribution in [3.8, 4) is 11.5 Å². The van der Waals surface area contributed by atoms with E-state index in [4.69, 9.17) is 8.94 Å². The average molecular weight is 334 g/mol. The summed E-state index contributed by atoms with van der Waals surface area (Å²) in [5.41, 5.74) is 1.28. The molecule has 7 heteroatoms. The molecule has 0 unspecified atom stereocenters. The van der Waals surface area contributed by atoms with Gasteiger partial charge >= 0.3 is 0 Å². The number of hydrogen-bond donors (Lipinski definition) is 1. The highest BCUT2D eigenvalue weighted by Crippen LogP contribution is 2.21. The lowest BCUT2D eigenvalue weighted by Crippen LogP contribution is -2.13. The van der Waals surface area contributed by atoms with Gasteiger partial charge in [0.2, 0.25) is 5.76 Å². The van der Waals surface area contributed by atoms with Gasteiger partial charge in [-0.25, -0.2) is 0 Å². The van der Waals surface area contributed by atoms with Gasteiger partial charge in [-0.05, 0) is 17.7 Å². The smallest absolute Gasteiger partial charge is 0.279 e. The third-order valence-corrected chi connectivity index (χ3v) is 3.58. The van der Waals surface area contributed by atoms with Crippen LogP contribution in [0.2, 0.25) is 0 Å². The average Bonchev–Trinajstić information content (AvgIpc) is 3.37. The van der Waals surface area contributed by atoms with Crippen molar-refractivity contribution in [1.29, 1.82) is 0 Å². The summed E-state index contributed by atoms with van der Waals surface area (Å²) in [6.07, 6.45) is 3.33. The quantitative estimate of drug-likeness (QED) is 0.604. The summed E-state index contributed by atoms with van der Waals surface area (Å²) in [7, 11) is 0. The third kappa shape index (κ3) is 3.35. The zero-order valence-electron chi connectivity index (χ0n) is 13.1. The number of nitrogens with zero attached hydrogens (tertiary/aromatic N) is 3. The summed E-state index contributed by atoms with van der Waals surface area (Å²) in [6.45, 7) is 0.628. The minimum Gasteiger partial charge on any atom is -0.461 e. The van der Waals surface area contributed by atoms with Crippen LogP contribution in [-0.2, 0) is 6.54 Å². The molecule has 0 atom stereocenters. The van der Waals surface area contributed by atoms with Crippen LogP contribution in [-0.4, -0.2) is 20.8 Å². The molecule has 1 N–H and O–H groups in total. The molecule has 0 aliphatic heterocycles. The maximum atomic E-state index is 12.3. The van der Waals surface area contributed by atoms with Gasteiger partial charge in [-0.2, -0.15) is 5.10 Å². The Bertz CT molecular complexity index is 971. The summed E-state index contributed by atoms with van der Waals surface area (Å²) < 4.78 is 12.1. The van der Waals surface area contributed by atoms with Crippen molar-refractivity contribution in [3.05, 3.63) is 78.3 Å². The van der Waals surface area contributed by atoms with E-state index in [9.17, 15) is 4.79 Å². The van der Waals surface area contributed by atoms with Gasteiger partial charge in [-0.1, -0.05) is 35.5 Å². The molecule has 0 spiro atoms. The molecule has 7 nitrogen and oxygen atoms in total. The van der Waals surface area contributed by atoms with Crippen molar-refractivity contribution in [2.24, 2.45) is 0 Å². The fourth-order valence-corrected chi connectivity index (χ4v) is 2.38. The molecule has 1 aromatic carbocycles. The van der Waals surface area contributed by atoms with Crippen molar-refractivity contribution < 1.29 is 13.7 Å². The third-order valence-electron chi connectivity index (χ3n) is 3.58. The maximum Gasteiger partial charge on any atom is 0.279 e. The molecule has 0 aliphatic carbocycles. The molecule has 4 aromatic rings. The van der Waals surface area contributed by atoms with E-state index in [1.54, 1.807) is 29.1 Å². The fraction of sp³-hybridized carbons (Fsp3) is 0.0556. The standard InChI is InChI=1S/C18H14N4O3/c23-18(14-11-16(25-21-14)15-7-4-10-24-15)19-17-8-9-22(20-17)12-13-5-2-1-3-6-13/h1-11H,12H2,(H,19,20,23). The van der Waals surface area contributed by atoms with E-state index in [1.807, 2.05) is 30.3 Å². The number of nitrogens with one attached hydrogen (secondary N) is 1. The molecule has 124 valence electrons. The normalized spacial score (nSPS) is 10.7. The second kappa shape index (κ2) is 6.48. The van der Waals surface area contributed by atoms with Crippen LogP contribution in [0.25, 0.3) is 11.5 Å². The van der Waals surface area contributed by atoms with Crippen molar-refractivity contribution in [2.45, 2.75) is 6.54 Å². The van der Waals surface area contributed by atoms with Crippen LogP contribution >= 0.6 is 0 Å². The summed E-state index contributed by atoms with van der Waals surface area (Å²) in [5.74, 6) is 0.957. The molecule has 0 radical (unpaired) electrons. The van der Waals surface area contributed by atoms with Gasteiger partial charge < -0.3 is 14.3 Å². The second-order valence-corrected chi connectivity index (χ2v) is 5.39. The summed E-state index contributed by atoms with van der Waals surface area (Å²) in [6, 6.07) is 16.7. The van der Waals surface area contributed by atoms with Crippen molar-refractivity contribution in [1.82, 2.24) is 14.9 Å². The van der Waals surface area contributed by atoms with Gasteiger partial charge in [0.05, 0.1) is 12.8 Å². The monoisotopic (exact) mass is 334 g/mol. The fourth-order valence-electron chi connectivity index (χ4n) is 2.38. The Labute approximate surface area is 142 Å². The summed E-state index contributed by atoms with van der Waals surface area (Å²) >= 11 is 0. The van der Waals surface area contributed by atoms with Crippen LogP contribution in [0, 0.1) is 0 Å². The highest BCUT2D eigenvalue weighted by Gasteiger charge is 2.16. The first-order valence-corrected chi connectivity index (χ1v) is 7.67. The molecule has 3 aromatic heterocycles. The molecule has 0 bridgehead atoms. The molecule has 25 heavy (non-hydrogen) atoms. The SMILES string of the molecule is O=C(Nc1ccn(Cc2ccccc2)n1)c1cc(-c2ccco2)on1. The van der Waals surface area contributed by atoms with E-state index >= 15 is 0 Å². The van der Waals surface area contributed by atoms with Gasteiger partial charge in [-0.15, -0.1) is 0 Å². The second-order valence-electron chi connectivity index (χ2n) is 5.39. The highest BCUT2D eigenvalue weighted by atomic mass is 16.5. The predicted octanol–water partition coefficient (Wildman–Crippen LogP) is 3.43. The number of benzene rings is 1. The van der Waals surface area contributed by atoms with Gasteiger partial charge in [-0.3, -0.25) is 9.48 Å². The Morgan fingerprint density at radius 2 is 1.96 bits per heavy atom. The van der Waals surface area contributed by atoms with Gasteiger partial charge in [0.15, 0.2) is 17.3 Å². The van der Waals surface area contributed by atoms with Crippen LogP contribution < -0.4 is 5.32 Å². The summed E-state index contributed by atoms with van der Waals surface area (Å²) in [4.78, 5) is 12.3. The minimum atomic E-state index is -0.397. The lowest BCUT2D eigenvalue weighted by molar-refractivity contribution is 0.101. The van der Waals surface area contributed by atoms with E-state index < -0.39 is 5.91 Å². The van der Waals surface area contributed by atoms with Gasteiger partial charge in [0, 0.05) is 18.3 Å². The number of amides is 1. The topological polar surface area (TPSA) is 86.1 Å². The van der Waals surface area contributed by atoms with Crippen LogP contribution in [0.4, 0.5) is 5.82 Å². The Hall–Kier alpha value is -3.61. The zero-order valence-corrected chi connectivity index (χ0v) is 13.1. The Kier molecular flexibility index (Phi) is 3.88.